The molecule has 15 heteroatoms. The van der Waals surface area contributed by atoms with Gasteiger partial charge in [-0.05, 0) is 55.0 Å². The van der Waals surface area contributed by atoms with Gasteiger partial charge < -0.3 is 41.4 Å². The van der Waals surface area contributed by atoms with Crippen LogP contribution in [0.15, 0.2) is 54.7 Å². The number of carboxylic acid groups (broad SMARTS) is 1. The molecule has 1 saturated heterocycles. The fourth-order valence-corrected chi connectivity index (χ4v) is 6.15. The molecule has 0 unspecified atom stereocenters. The number of piperidine rings is 1. The number of aromatic nitrogens is 1. The second-order valence-corrected chi connectivity index (χ2v) is 12.4. The number of para-hydroxylation sites is 1. The summed E-state index contributed by atoms with van der Waals surface area (Å²) in [5.41, 5.74) is 7.88. The van der Waals surface area contributed by atoms with E-state index in [1.807, 2.05) is 24.3 Å². The Bertz CT molecular complexity index is 1680. The molecule has 1 aliphatic heterocycles. The number of aromatic hydroxyl groups is 1. The summed E-state index contributed by atoms with van der Waals surface area (Å²) in [6.45, 7) is 0.180. The fourth-order valence-electron chi connectivity index (χ4n) is 6.07. The van der Waals surface area contributed by atoms with Gasteiger partial charge in [-0.15, -0.1) is 11.6 Å². The number of aromatic amines is 1. The number of phenolic OH excluding ortho intramolecular Hbond substituents is 1. The van der Waals surface area contributed by atoms with Gasteiger partial charge in [0, 0.05) is 50.0 Å². The second-order valence-electron chi connectivity index (χ2n) is 12.1. The summed E-state index contributed by atoms with van der Waals surface area (Å²) in [6, 6.07) is 9.05. The maximum Gasteiger partial charge on any atom is 0.303 e. The lowest BCUT2D eigenvalue weighted by molar-refractivity contribution is -0.152. The van der Waals surface area contributed by atoms with Gasteiger partial charge in [0.15, 0.2) is 0 Å². The number of H-pyrrole nitrogens is 1. The molecule has 0 radical (unpaired) electrons. The number of phenols is 1. The number of hydrogen-bond donors (Lipinski definition) is 6. The van der Waals surface area contributed by atoms with Crippen LogP contribution < -0.4 is 16.4 Å². The van der Waals surface area contributed by atoms with Crippen molar-refractivity contribution in [1.29, 1.82) is 0 Å². The number of nitrogens with zero attached hydrogens (tertiary/aromatic N) is 2. The van der Waals surface area contributed by atoms with Crippen LogP contribution in [0, 0.1) is 0 Å². The topological polar surface area (TPSA) is 215 Å². The van der Waals surface area contributed by atoms with E-state index in [0.717, 1.165) is 16.5 Å². The molecule has 4 rings (SSSR count). The Kier molecular flexibility index (Phi) is 12.6. The van der Waals surface area contributed by atoms with Crippen LogP contribution in [0.4, 0.5) is 0 Å². The highest BCUT2D eigenvalue weighted by atomic mass is 35.5. The van der Waals surface area contributed by atoms with Crippen LogP contribution in [0.2, 0.25) is 0 Å². The average Bonchev–Trinajstić information content (AvgIpc) is 3.51. The van der Waals surface area contributed by atoms with Crippen LogP contribution in [0.25, 0.3) is 10.9 Å². The molecule has 3 aromatic rings. The quantitative estimate of drug-likeness (QED) is 0.128. The minimum absolute atomic E-state index is 0.0345. The Labute approximate surface area is 287 Å². The van der Waals surface area contributed by atoms with Crippen LogP contribution in [0.3, 0.4) is 0 Å². The lowest BCUT2D eigenvalue weighted by Crippen LogP contribution is -2.61. The molecule has 49 heavy (non-hydrogen) atoms. The van der Waals surface area contributed by atoms with Gasteiger partial charge in [-0.25, -0.2) is 0 Å². The summed E-state index contributed by atoms with van der Waals surface area (Å²) in [5, 5.41) is 24.9. The first kappa shape index (κ1) is 36.7. The van der Waals surface area contributed by atoms with Gasteiger partial charge in [0.2, 0.25) is 29.5 Å². The Hall–Kier alpha value is -5.11. The van der Waals surface area contributed by atoms with E-state index >= 15 is 0 Å². The normalized spacial score (nSPS) is 16.3. The predicted octanol–water partition coefficient (Wildman–Crippen LogP) is 1.43. The Balaban J connectivity index is 1.63. The maximum atomic E-state index is 14.3. The predicted molar refractivity (Wildman–Crippen MR) is 180 cm³/mol. The SMILES string of the molecule is CN(C(=O)[C@@H]1CCCCN1C(=O)[C@H](CCC(=O)O)NC(=O)CCl)[C@@H](Cc1c[nH]c2ccccc12)C(=O)N[C@@H](Cc1ccc(O)cc1)C(N)=O. The number of alkyl halides is 1. The van der Waals surface area contributed by atoms with Crippen molar-refractivity contribution in [2.24, 2.45) is 5.73 Å². The molecule has 0 bridgehead atoms. The molecule has 14 nitrogen and oxygen atoms in total. The van der Waals surface area contributed by atoms with Crippen molar-refractivity contribution >= 4 is 58.0 Å². The summed E-state index contributed by atoms with van der Waals surface area (Å²) in [7, 11) is 1.45. The first-order valence-corrected chi connectivity index (χ1v) is 16.5. The van der Waals surface area contributed by atoms with E-state index in [-0.39, 0.29) is 38.0 Å². The maximum absolute atomic E-state index is 14.3. The number of primary amides is 1. The van der Waals surface area contributed by atoms with Gasteiger partial charge in [0.1, 0.15) is 35.8 Å². The van der Waals surface area contributed by atoms with Crippen LogP contribution in [-0.2, 0) is 41.6 Å². The number of hydrogen-bond acceptors (Lipinski definition) is 7. The lowest BCUT2D eigenvalue weighted by Gasteiger charge is -2.40. The zero-order chi connectivity index (χ0) is 35.7. The van der Waals surface area contributed by atoms with Crippen molar-refractivity contribution < 1.29 is 39.0 Å². The monoisotopic (exact) mass is 696 g/mol. The highest BCUT2D eigenvalue weighted by Crippen LogP contribution is 2.25. The van der Waals surface area contributed by atoms with Crippen molar-refractivity contribution in [3.63, 3.8) is 0 Å². The molecule has 4 atom stereocenters. The number of nitrogens with two attached hydrogens (primary N) is 1. The number of halogens is 1. The summed E-state index contributed by atoms with van der Waals surface area (Å²) < 4.78 is 0. The summed E-state index contributed by atoms with van der Waals surface area (Å²) in [4.78, 5) is 83.8. The number of nitrogens with one attached hydrogen (secondary N) is 3. The highest BCUT2D eigenvalue weighted by molar-refractivity contribution is 6.27. The minimum atomic E-state index is -1.22. The lowest BCUT2D eigenvalue weighted by atomic mass is 9.96. The molecule has 0 spiro atoms. The molecule has 5 amide bonds. The molecule has 7 N–H and O–H groups in total. The van der Waals surface area contributed by atoms with Gasteiger partial charge in [-0.3, -0.25) is 28.8 Å². The highest BCUT2D eigenvalue weighted by Gasteiger charge is 2.40. The number of benzene rings is 2. The summed E-state index contributed by atoms with van der Waals surface area (Å²) in [5.74, 6) is -4.82. The first-order valence-electron chi connectivity index (χ1n) is 16.0. The number of amides is 5. The van der Waals surface area contributed by atoms with E-state index < -0.39 is 72.0 Å². The van der Waals surface area contributed by atoms with Gasteiger partial charge >= 0.3 is 5.97 Å². The van der Waals surface area contributed by atoms with E-state index in [9.17, 15) is 39.0 Å². The van der Waals surface area contributed by atoms with Crippen LogP contribution in [0.5, 0.6) is 5.75 Å². The van der Waals surface area contributed by atoms with Crippen LogP contribution in [-0.4, -0.2) is 104 Å². The van der Waals surface area contributed by atoms with E-state index in [2.05, 4.69) is 15.6 Å². The second kappa shape index (κ2) is 16.8. The van der Waals surface area contributed by atoms with Crippen LogP contribution >= 0.6 is 11.6 Å². The third-order valence-electron chi connectivity index (χ3n) is 8.71. The zero-order valence-corrected chi connectivity index (χ0v) is 27.8. The largest absolute Gasteiger partial charge is 0.508 e. The molecule has 262 valence electrons. The van der Waals surface area contributed by atoms with Crippen molar-refractivity contribution in [2.75, 3.05) is 19.5 Å². The number of carboxylic acids is 1. The third kappa shape index (κ3) is 9.50. The zero-order valence-electron chi connectivity index (χ0n) is 27.1. The number of likely N-dealkylation sites (tertiary alicyclic amines) is 1. The number of fused-ring (bicyclic) bond motifs is 1. The van der Waals surface area contributed by atoms with E-state index in [0.29, 0.717) is 18.4 Å². The molecule has 1 aromatic heterocycles. The number of aliphatic carboxylic acids is 1. The number of likely N-dealkylation sites (N-methyl/N-ethyl adjacent to an activating group) is 1. The molecular formula is C34H41ClN6O8. The standard InChI is InChI=1S/C34H41ClN6O8/c1-40(34(49)27-8-4-5-15-41(27)33(48)25(13-14-30(44)45)38-29(43)18-35)28(17-21-19-37-24-7-3-2-6-23(21)24)32(47)39-26(31(36)46)16-20-9-11-22(42)12-10-20/h2-3,6-7,9-12,19,25-28,37,42H,4-5,8,13-18H2,1H3,(H2,36,46)(H,38,43)(H,39,47)(H,44,45)/t25-,26-,27-,28-/m0/s1. The molecular weight excluding hydrogens is 656 g/mol. The minimum Gasteiger partial charge on any atom is -0.508 e. The fraction of sp³-hybridized carbons (Fsp3) is 0.412. The van der Waals surface area contributed by atoms with Crippen molar-refractivity contribution in [1.82, 2.24) is 25.4 Å². The summed E-state index contributed by atoms with van der Waals surface area (Å²) >= 11 is 5.64. The van der Waals surface area contributed by atoms with Crippen molar-refractivity contribution in [3.8, 4) is 5.75 Å². The number of rotatable bonds is 15. The first-order chi connectivity index (χ1) is 23.4. The van der Waals surface area contributed by atoms with E-state index in [4.69, 9.17) is 17.3 Å². The Morgan fingerprint density at radius 2 is 1.73 bits per heavy atom. The number of carbonyl (C=O) groups excluding carboxylic acids is 5. The van der Waals surface area contributed by atoms with E-state index in [1.165, 1.54) is 29.0 Å². The van der Waals surface area contributed by atoms with Gasteiger partial charge in [-0.2, -0.15) is 0 Å². The average molecular weight is 697 g/mol. The Morgan fingerprint density at radius 3 is 2.41 bits per heavy atom. The number of carbonyl (C=O) groups is 6. The van der Waals surface area contributed by atoms with Gasteiger partial charge in [-0.1, -0.05) is 30.3 Å². The van der Waals surface area contributed by atoms with Crippen LogP contribution in [0.1, 0.15) is 43.2 Å². The van der Waals surface area contributed by atoms with Crippen molar-refractivity contribution in [3.05, 3.63) is 65.9 Å². The third-order valence-corrected chi connectivity index (χ3v) is 8.96. The molecule has 2 heterocycles. The summed E-state index contributed by atoms with van der Waals surface area (Å²) in [6.07, 6.45) is 2.69. The van der Waals surface area contributed by atoms with E-state index in [1.54, 1.807) is 18.3 Å². The molecule has 2 aromatic carbocycles. The van der Waals surface area contributed by atoms with Gasteiger partial charge in [0.25, 0.3) is 0 Å². The molecule has 0 saturated carbocycles. The smallest absolute Gasteiger partial charge is 0.303 e. The van der Waals surface area contributed by atoms with Crippen molar-refractivity contribution in [2.45, 2.75) is 69.1 Å². The molecule has 0 aliphatic carbocycles. The molecule has 1 fully saturated rings. The molecule has 1 aliphatic rings. The Morgan fingerprint density at radius 1 is 1.02 bits per heavy atom. The van der Waals surface area contributed by atoms with Gasteiger partial charge in [0.05, 0.1) is 0 Å².